The molecule has 0 bridgehead atoms. The number of anilines is 2. The molecule has 13 heteroatoms. The summed E-state index contributed by atoms with van der Waals surface area (Å²) in [5.74, 6) is 0.456. The van der Waals surface area contributed by atoms with Gasteiger partial charge in [-0.3, -0.25) is 24.5 Å². The highest BCUT2D eigenvalue weighted by molar-refractivity contribution is 7.98. The summed E-state index contributed by atoms with van der Waals surface area (Å²) in [6.45, 7) is 9.10. The minimum atomic E-state index is -0.548. The number of allylic oxidation sites excluding steroid dienone is 1. The van der Waals surface area contributed by atoms with E-state index in [4.69, 9.17) is 22.1 Å². The summed E-state index contributed by atoms with van der Waals surface area (Å²) in [5.41, 5.74) is 12.1. The van der Waals surface area contributed by atoms with E-state index in [-0.39, 0.29) is 16.8 Å². The third kappa shape index (κ3) is 8.04. The smallest absolute Gasteiger partial charge is 0.293 e. The van der Waals surface area contributed by atoms with Crippen molar-refractivity contribution < 1.29 is 14.5 Å². The molecular weight excluding hydrogens is 698 g/mol. The number of benzene rings is 3. The number of H-pyrrole nitrogens is 1. The van der Waals surface area contributed by atoms with Crippen molar-refractivity contribution >= 4 is 63.1 Å². The highest BCUT2D eigenvalue weighted by Gasteiger charge is 2.29. The fourth-order valence-electron chi connectivity index (χ4n) is 6.89. The summed E-state index contributed by atoms with van der Waals surface area (Å²) in [5, 5.41) is 13.0. The number of carbonyl (C=O) groups is 1. The van der Waals surface area contributed by atoms with Gasteiger partial charge in [0.25, 0.3) is 11.6 Å². The summed E-state index contributed by atoms with van der Waals surface area (Å²) in [4.78, 5) is 37.3. The SMILES string of the molecule is CC1(C)CCC(CN2CCN(c3ccc(C(=O)NSc4ccc(N)c([N+](=O)[O-])c4)c(Oc4cnc5[nH]ccc5c4)c3)CC2)=C(c2ccc(Cl)cc2)C1. The number of nitrogens with two attached hydrogens (primary N) is 1. The minimum absolute atomic E-state index is 0.0543. The van der Waals surface area contributed by atoms with Crippen LogP contribution in [-0.2, 0) is 0 Å². The van der Waals surface area contributed by atoms with Crippen LogP contribution in [0.3, 0.4) is 0 Å². The number of amides is 1. The second kappa shape index (κ2) is 14.9. The second-order valence-electron chi connectivity index (χ2n) is 14.1. The lowest BCUT2D eigenvalue weighted by Gasteiger charge is -2.39. The highest BCUT2D eigenvalue weighted by Crippen LogP contribution is 2.43. The third-order valence-corrected chi connectivity index (χ3v) is 10.8. The fourth-order valence-corrected chi connectivity index (χ4v) is 7.64. The van der Waals surface area contributed by atoms with Crippen LogP contribution in [0.2, 0.25) is 5.02 Å². The monoisotopic (exact) mass is 737 g/mol. The lowest BCUT2D eigenvalue weighted by Crippen LogP contribution is -2.47. The average Bonchev–Trinajstić information content (AvgIpc) is 3.60. The van der Waals surface area contributed by atoms with E-state index in [9.17, 15) is 14.9 Å². The van der Waals surface area contributed by atoms with Gasteiger partial charge in [-0.15, -0.1) is 0 Å². The van der Waals surface area contributed by atoms with E-state index in [1.54, 1.807) is 18.3 Å². The summed E-state index contributed by atoms with van der Waals surface area (Å²) in [7, 11) is 0. The van der Waals surface area contributed by atoms with Crippen LogP contribution in [0.1, 0.15) is 49.0 Å². The maximum atomic E-state index is 13.6. The molecule has 52 heavy (non-hydrogen) atoms. The van der Waals surface area contributed by atoms with Gasteiger partial charge in [-0.1, -0.05) is 43.2 Å². The van der Waals surface area contributed by atoms with E-state index in [1.807, 2.05) is 42.6 Å². The molecule has 3 aromatic carbocycles. The second-order valence-corrected chi connectivity index (χ2v) is 15.4. The van der Waals surface area contributed by atoms with Gasteiger partial charge in [0, 0.05) is 72.0 Å². The summed E-state index contributed by atoms with van der Waals surface area (Å²) in [6, 6.07) is 22.0. The van der Waals surface area contributed by atoms with Crippen molar-refractivity contribution in [1.29, 1.82) is 0 Å². The Labute approximate surface area is 311 Å². The van der Waals surface area contributed by atoms with Gasteiger partial charge in [-0.2, -0.15) is 0 Å². The van der Waals surface area contributed by atoms with Crippen molar-refractivity contribution in [3.8, 4) is 11.5 Å². The number of nitrogens with zero attached hydrogens (tertiary/aromatic N) is 4. The van der Waals surface area contributed by atoms with Crippen LogP contribution in [0, 0.1) is 15.5 Å². The Bertz CT molecular complexity index is 2160. The molecule has 2 aromatic heterocycles. The normalized spacial score (nSPS) is 16.2. The molecule has 268 valence electrons. The molecule has 1 aliphatic heterocycles. The zero-order valence-corrected chi connectivity index (χ0v) is 30.6. The standard InChI is InChI=1S/C39H40ClN7O4S/c1-39(2)13-11-27(33(22-39)25-3-5-28(40)6-4-25)24-45-15-17-46(18-16-45)29-7-9-32(36(20-29)51-30-19-26-12-14-42-37(26)43-23-30)38(48)44-52-31-8-10-34(41)35(21-31)47(49)50/h3-10,12,14,19-21,23H,11,13,15-18,22,24,41H2,1-2H3,(H,42,43)(H,44,48). The van der Waals surface area contributed by atoms with Gasteiger partial charge in [0.1, 0.15) is 22.8 Å². The molecule has 7 rings (SSSR count). The highest BCUT2D eigenvalue weighted by atomic mass is 35.5. The van der Waals surface area contributed by atoms with Gasteiger partial charge >= 0.3 is 0 Å². The maximum Gasteiger partial charge on any atom is 0.293 e. The Kier molecular flexibility index (Phi) is 10.1. The number of carbonyl (C=O) groups excluding carboxylic acids is 1. The Hall–Kier alpha value is -5.04. The molecule has 1 saturated heterocycles. The van der Waals surface area contributed by atoms with E-state index in [0.717, 1.165) is 79.3 Å². The quantitative estimate of drug-likeness (QED) is 0.0555. The largest absolute Gasteiger partial charge is 0.455 e. The van der Waals surface area contributed by atoms with Gasteiger partial charge in [0.15, 0.2) is 0 Å². The van der Waals surface area contributed by atoms with Crippen molar-refractivity contribution in [1.82, 2.24) is 19.6 Å². The molecule has 1 amide bonds. The van der Waals surface area contributed by atoms with Crippen LogP contribution in [0.4, 0.5) is 17.1 Å². The number of nitrogen functional groups attached to an aromatic ring is 1. The van der Waals surface area contributed by atoms with Crippen molar-refractivity contribution in [2.45, 2.75) is 38.0 Å². The summed E-state index contributed by atoms with van der Waals surface area (Å²) in [6.07, 6.45) is 6.74. The summed E-state index contributed by atoms with van der Waals surface area (Å²) >= 11 is 7.20. The molecule has 0 atom stereocenters. The van der Waals surface area contributed by atoms with Crippen LogP contribution in [0.5, 0.6) is 11.5 Å². The number of ether oxygens (including phenoxy) is 1. The molecule has 5 aromatic rings. The number of nitro benzene ring substituents is 1. The first-order chi connectivity index (χ1) is 25.0. The van der Waals surface area contributed by atoms with E-state index in [2.05, 4.69) is 50.5 Å². The number of aromatic amines is 1. The van der Waals surface area contributed by atoms with Gasteiger partial charge in [-0.25, -0.2) is 4.98 Å². The van der Waals surface area contributed by atoms with Crippen LogP contribution in [-0.4, -0.2) is 58.4 Å². The van der Waals surface area contributed by atoms with E-state index < -0.39 is 10.8 Å². The predicted octanol–water partition coefficient (Wildman–Crippen LogP) is 8.72. The molecule has 1 aliphatic carbocycles. The van der Waals surface area contributed by atoms with E-state index in [1.165, 1.54) is 35.3 Å². The van der Waals surface area contributed by atoms with Crippen LogP contribution in [0.25, 0.3) is 16.6 Å². The topological polar surface area (TPSA) is 143 Å². The molecule has 1 fully saturated rings. The first-order valence-corrected chi connectivity index (χ1v) is 18.4. The fraction of sp³-hybridized carbons (Fsp3) is 0.282. The van der Waals surface area contributed by atoms with Crippen LogP contribution < -0.4 is 20.1 Å². The predicted molar refractivity (Wildman–Crippen MR) is 208 cm³/mol. The molecule has 11 nitrogen and oxygen atoms in total. The number of pyridine rings is 1. The molecule has 0 saturated carbocycles. The van der Waals surface area contributed by atoms with E-state index >= 15 is 0 Å². The Morgan fingerprint density at radius 2 is 1.87 bits per heavy atom. The Morgan fingerprint density at radius 1 is 1.08 bits per heavy atom. The number of hydrogen-bond donors (Lipinski definition) is 3. The Balaban J connectivity index is 1.08. The Morgan fingerprint density at radius 3 is 2.63 bits per heavy atom. The number of halogens is 1. The van der Waals surface area contributed by atoms with Gasteiger partial charge in [0.2, 0.25) is 0 Å². The summed E-state index contributed by atoms with van der Waals surface area (Å²) < 4.78 is 9.16. The number of piperazine rings is 1. The molecule has 4 N–H and O–H groups in total. The average molecular weight is 738 g/mol. The van der Waals surface area contributed by atoms with Crippen molar-refractivity contribution in [3.05, 3.63) is 117 Å². The van der Waals surface area contributed by atoms with Crippen LogP contribution >= 0.6 is 23.5 Å². The van der Waals surface area contributed by atoms with Gasteiger partial charge in [-0.05, 0) is 96.3 Å². The van der Waals surface area contributed by atoms with Crippen LogP contribution in [0.15, 0.2) is 95.7 Å². The number of fused-ring (bicyclic) bond motifs is 1. The number of aromatic nitrogens is 2. The van der Waals surface area contributed by atoms with Crippen molar-refractivity contribution in [2.24, 2.45) is 5.41 Å². The van der Waals surface area contributed by atoms with Crippen molar-refractivity contribution in [2.75, 3.05) is 43.4 Å². The molecule has 0 unspecified atom stereocenters. The molecule has 0 spiro atoms. The first kappa shape index (κ1) is 35.4. The lowest BCUT2D eigenvalue weighted by atomic mass is 9.72. The lowest BCUT2D eigenvalue weighted by molar-refractivity contribution is -0.384. The van der Waals surface area contributed by atoms with Crippen molar-refractivity contribution in [3.63, 3.8) is 0 Å². The molecule has 3 heterocycles. The molecular formula is C39H40ClN7O4S. The first-order valence-electron chi connectivity index (χ1n) is 17.2. The zero-order valence-electron chi connectivity index (χ0n) is 29.0. The number of rotatable bonds is 10. The van der Waals surface area contributed by atoms with Gasteiger partial charge < -0.3 is 20.4 Å². The number of nitro groups is 1. The molecule has 0 radical (unpaired) electrons. The zero-order chi connectivity index (χ0) is 36.4. The van der Waals surface area contributed by atoms with Gasteiger partial charge in [0.05, 0.1) is 16.7 Å². The number of nitrogens with one attached hydrogen (secondary N) is 2. The minimum Gasteiger partial charge on any atom is -0.455 e. The van der Waals surface area contributed by atoms with E-state index in [0.29, 0.717) is 22.0 Å². The maximum absolute atomic E-state index is 13.6. The molecule has 2 aliphatic rings. The number of hydrogen-bond acceptors (Lipinski definition) is 9. The third-order valence-electron chi connectivity index (χ3n) is 9.80.